The molecule has 0 aliphatic carbocycles. The lowest BCUT2D eigenvalue weighted by Crippen LogP contribution is -2.03. The van der Waals surface area contributed by atoms with Crippen LogP contribution in [0.4, 0.5) is 5.95 Å². The van der Waals surface area contributed by atoms with Crippen molar-refractivity contribution in [1.82, 2.24) is 15.2 Å². The van der Waals surface area contributed by atoms with Crippen molar-refractivity contribution in [3.63, 3.8) is 0 Å². The van der Waals surface area contributed by atoms with Crippen molar-refractivity contribution in [3.8, 4) is 0 Å². The van der Waals surface area contributed by atoms with E-state index in [1.165, 1.54) is 4.88 Å². The van der Waals surface area contributed by atoms with Crippen LogP contribution in [0.15, 0.2) is 40.2 Å². The molecule has 0 saturated heterocycles. The third kappa shape index (κ3) is 2.49. The second-order valence-electron chi connectivity index (χ2n) is 3.68. The number of anilines is 1. The van der Waals surface area contributed by atoms with Crippen LogP contribution >= 0.6 is 27.3 Å². The molecule has 2 heterocycles. The number of thiophene rings is 1. The number of nitrogens with one attached hydrogen (secondary N) is 1. The second-order valence-corrected chi connectivity index (χ2v) is 6.23. The molecule has 0 saturated carbocycles. The highest BCUT2D eigenvalue weighted by molar-refractivity contribution is 9.11. The molecule has 0 unspecified atom stereocenters. The Balaban J connectivity index is 1.78. The highest BCUT2D eigenvalue weighted by atomic mass is 79.9. The molecular weight excluding hydrogens is 312 g/mol. The van der Waals surface area contributed by atoms with Crippen LogP contribution in [-0.4, -0.2) is 15.2 Å². The molecule has 4 nitrogen and oxygen atoms in total. The topological polar surface area (TPSA) is 50.7 Å². The molecule has 0 bridgehead atoms. The minimum Gasteiger partial charge on any atom is -0.348 e. The van der Waals surface area contributed by atoms with Gasteiger partial charge >= 0.3 is 0 Å². The summed E-state index contributed by atoms with van der Waals surface area (Å²) in [5.74, 6) is 0.554. The molecule has 0 fully saturated rings. The molecule has 3 aromatic rings. The van der Waals surface area contributed by atoms with Crippen LogP contribution in [0, 0.1) is 0 Å². The van der Waals surface area contributed by atoms with Crippen molar-refractivity contribution < 1.29 is 0 Å². The van der Waals surface area contributed by atoms with Gasteiger partial charge in [0.2, 0.25) is 5.95 Å². The lowest BCUT2D eigenvalue weighted by Gasteiger charge is -2.02. The third-order valence-corrected chi connectivity index (χ3v) is 4.03. The van der Waals surface area contributed by atoms with Gasteiger partial charge in [-0.05, 0) is 40.2 Å². The van der Waals surface area contributed by atoms with Gasteiger partial charge in [0.1, 0.15) is 5.52 Å². The van der Waals surface area contributed by atoms with Gasteiger partial charge < -0.3 is 5.32 Å². The Bertz CT molecular complexity index is 682. The van der Waals surface area contributed by atoms with Crippen LogP contribution < -0.4 is 5.32 Å². The minimum atomic E-state index is 0.554. The van der Waals surface area contributed by atoms with Crippen molar-refractivity contribution in [2.75, 3.05) is 5.32 Å². The fourth-order valence-corrected chi connectivity index (χ4v) is 2.99. The first kappa shape index (κ1) is 11.6. The summed E-state index contributed by atoms with van der Waals surface area (Å²) >= 11 is 5.13. The van der Waals surface area contributed by atoms with Crippen molar-refractivity contribution in [2.24, 2.45) is 0 Å². The SMILES string of the molecule is Brc1ccc(CNc2nnc3ccccc3n2)s1. The first-order valence-electron chi connectivity index (χ1n) is 5.39. The van der Waals surface area contributed by atoms with Crippen LogP contribution in [0.1, 0.15) is 4.88 Å². The minimum absolute atomic E-state index is 0.554. The van der Waals surface area contributed by atoms with Gasteiger partial charge in [0, 0.05) is 4.88 Å². The van der Waals surface area contributed by atoms with Crippen molar-refractivity contribution >= 4 is 44.2 Å². The van der Waals surface area contributed by atoms with E-state index in [4.69, 9.17) is 0 Å². The van der Waals surface area contributed by atoms with E-state index in [0.717, 1.165) is 14.8 Å². The first-order valence-corrected chi connectivity index (χ1v) is 7.00. The van der Waals surface area contributed by atoms with E-state index in [9.17, 15) is 0 Å². The van der Waals surface area contributed by atoms with Crippen molar-refractivity contribution in [3.05, 3.63) is 45.1 Å². The molecule has 18 heavy (non-hydrogen) atoms. The zero-order valence-electron chi connectivity index (χ0n) is 9.30. The number of nitrogens with zero attached hydrogens (tertiary/aromatic N) is 3. The van der Waals surface area contributed by atoms with Gasteiger partial charge in [0.05, 0.1) is 15.8 Å². The molecule has 0 radical (unpaired) electrons. The molecule has 1 aromatic carbocycles. The normalized spacial score (nSPS) is 10.7. The number of halogens is 1. The maximum absolute atomic E-state index is 4.41. The second kappa shape index (κ2) is 4.99. The number of hydrogen-bond acceptors (Lipinski definition) is 5. The van der Waals surface area contributed by atoms with Crippen LogP contribution in [0.25, 0.3) is 11.0 Å². The Morgan fingerprint density at radius 1 is 1.06 bits per heavy atom. The molecule has 0 spiro atoms. The average molecular weight is 321 g/mol. The predicted molar refractivity (Wildman–Crippen MR) is 76.7 cm³/mol. The van der Waals surface area contributed by atoms with Gasteiger partial charge in [0.25, 0.3) is 0 Å². The van der Waals surface area contributed by atoms with E-state index in [0.29, 0.717) is 12.5 Å². The van der Waals surface area contributed by atoms with Gasteiger partial charge in [-0.25, -0.2) is 4.98 Å². The monoisotopic (exact) mass is 320 g/mol. The molecule has 0 aliphatic heterocycles. The molecule has 0 atom stereocenters. The van der Waals surface area contributed by atoms with Crippen molar-refractivity contribution in [1.29, 1.82) is 0 Å². The summed E-state index contributed by atoms with van der Waals surface area (Å²) in [6.07, 6.45) is 0. The molecular formula is C12H9BrN4S. The van der Waals surface area contributed by atoms with Crippen LogP contribution in [0.2, 0.25) is 0 Å². The maximum atomic E-state index is 4.41. The van der Waals surface area contributed by atoms with E-state index in [-0.39, 0.29) is 0 Å². The van der Waals surface area contributed by atoms with Gasteiger partial charge in [-0.2, -0.15) is 0 Å². The first-order chi connectivity index (χ1) is 8.81. The van der Waals surface area contributed by atoms with Gasteiger partial charge in [-0.15, -0.1) is 21.5 Å². The van der Waals surface area contributed by atoms with Crippen LogP contribution in [0.3, 0.4) is 0 Å². The third-order valence-electron chi connectivity index (χ3n) is 2.41. The Morgan fingerprint density at radius 2 is 1.89 bits per heavy atom. The quantitative estimate of drug-likeness (QED) is 0.803. The molecule has 6 heteroatoms. The van der Waals surface area contributed by atoms with Crippen LogP contribution in [0.5, 0.6) is 0 Å². The van der Waals surface area contributed by atoms with E-state index in [2.05, 4.69) is 42.5 Å². The van der Waals surface area contributed by atoms with Gasteiger partial charge in [-0.3, -0.25) is 0 Å². The maximum Gasteiger partial charge on any atom is 0.243 e. The highest BCUT2D eigenvalue weighted by Gasteiger charge is 2.02. The fourth-order valence-electron chi connectivity index (χ4n) is 1.57. The van der Waals surface area contributed by atoms with Gasteiger partial charge in [-0.1, -0.05) is 12.1 Å². The largest absolute Gasteiger partial charge is 0.348 e. The van der Waals surface area contributed by atoms with Crippen molar-refractivity contribution in [2.45, 2.75) is 6.54 Å². The standard InChI is InChI=1S/C12H9BrN4S/c13-11-6-5-8(18-11)7-14-12-15-9-3-1-2-4-10(9)16-17-12/h1-6H,7H2,(H,14,15,17). The fraction of sp³-hybridized carbons (Fsp3) is 0.0833. The van der Waals surface area contributed by atoms with E-state index < -0.39 is 0 Å². The predicted octanol–water partition coefficient (Wildman–Crippen LogP) is 3.46. The number of fused-ring (bicyclic) bond motifs is 1. The summed E-state index contributed by atoms with van der Waals surface area (Å²) < 4.78 is 1.12. The summed E-state index contributed by atoms with van der Waals surface area (Å²) in [7, 11) is 0. The van der Waals surface area contributed by atoms with E-state index >= 15 is 0 Å². The Kier molecular flexibility index (Phi) is 3.21. The number of hydrogen-bond donors (Lipinski definition) is 1. The molecule has 3 rings (SSSR count). The summed E-state index contributed by atoms with van der Waals surface area (Å²) in [5.41, 5.74) is 1.66. The lowest BCUT2D eigenvalue weighted by atomic mass is 10.3. The zero-order chi connectivity index (χ0) is 12.4. The number of rotatable bonds is 3. The number of benzene rings is 1. The Hall–Kier alpha value is -1.53. The molecule has 0 amide bonds. The van der Waals surface area contributed by atoms with Crippen LogP contribution in [-0.2, 0) is 6.54 Å². The molecule has 0 aliphatic rings. The Labute approximate surface area is 116 Å². The molecule has 2 aromatic heterocycles. The Morgan fingerprint density at radius 3 is 2.67 bits per heavy atom. The highest BCUT2D eigenvalue weighted by Crippen LogP contribution is 2.22. The summed E-state index contributed by atoms with van der Waals surface area (Å²) in [6, 6.07) is 11.8. The summed E-state index contributed by atoms with van der Waals surface area (Å²) in [4.78, 5) is 5.63. The lowest BCUT2D eigenvalue weighted by molar-refractivity contribution is 0.990. The average Bonchev–Trinajstić information content (AvgIpc) is 2.82. The number of para-hydroxylation sites is 1. The van der Waals surface area contributed by atoms with Gasteiger partial charge in [0.15, 0.2) is 0 Å². The smallest absolute Gasteiger partial charge is 0.243 e. The zero-order valence-corrected chi connectivity index (χ0v) is 11.7. The number of aromatic nitrogens is 3. The van der Waals surface area contributed by atoms with E-state index in [1.807, 2.05) is 30.3 Å². The molecule has 1 N–H and O–H groups in total. The molecule has 90 valence electrons. The summed E-state index contributed by atoms with van der Waals surface area (Å²) in [5, 5.41) is 11.3. The van der Waals surface area contributed by atoms with E-state index in [1.54, 1.807) is 11.3 Å². The summed E-state index contributed by atoms with van der Waals surface area (Å²) in [6.45, 7) is 0.705.